The number of ether oxygens (including phenoxy) is 1. The predicted octanol–water partition coefficient (Wildman–Crippen LogP) is 3.32. The van der Waals surface area contributed by atoms with Gasteiger partial charge >= 0.3 is 0 Å². The zero-order valence-electron chi connectivity index (χ0n) is 10.5. The van der Waals surface area contributed by atoms with Crippen LogP contribution in [0.2, 0.25) is 0 Å². The Kier molecular flexibility index (Phi) is 5.69. The van der Waals surface area contributed by atoms with Gasteiger partial charge in [-0.15, -0.1) is 0 Å². The number of hydrogen-bond acceptors (Lipinski definition) is 2. The number of rotatable bonds is 7. The van der Waals surface area contributed by atoms with Crippen LogP contribution in [0.25, 0.3) is 0 Å². The maximum absolute atomic E-state index is 5.72. The van der Waals surface area contributed by atoms with Crippen molar-refractivity contribution in [1.29, 1.82) is 0 Å². The van der Waals surface area contributed by atoms with Crippen LogP contribution >= 0.6 is 11.6 Å². The van der Waals surface area contributed by atoms with Gasteiger partial charge in [0.2, 0.25) is 0 Å². The van der Waals surface area contributed by atoms with Crippen LogP contribution in [0.4, 0.5) is 0 Å². The van der Waals surface area contributed by atoms with Crippen LogP contribution < -0.4 is 5.32 Å². The van der Waals surface area contributed by atoms with Crippen LogP contribution in [0.5, 0.6) is 0 Å². The minimum Gasteiger partial charge on any atom is -0.375 e. The number of halogens is 1. The van der Waals surface area contributed by atoms with E-state index in [-0.39, 0.29) is 5.54 Å². The van der Waals surface area contributed by atoms with Gasteiger partial charge in [0.15, 0.2) is 0 Å². The molecule has 1 aromatic carbocycles. The summed E-state index contributed by atoms with van der Waals surface area (Å²) < 4.78 is 5.68. The highest BCUT2D eigenvalue weighted by atomic mass is 35.5. The highest BCUT2D eigenvalue weighted by molar-refractivity contribution is 6.29. The smallest absolute Gasteiger partial charge is 0.0717 e. The molecular weight excluding hydrogens is 234 g/mol. The number of nitrogens with one attached hydrogen (secondary N) is 1. The second-order valence-electron chi connectivity index (χ2n) is 4.73. The molecule has 17 heavy (non-hydrogen) atoms. The van der Waals surface area contributed by atoms with Crippen molar-refractivity contribution < 1.29 is 4.74 Å². The summed E-state index contributed by atoms with van der Waals surface area (Å²) in [7, 11) is 0. The third kappa shape index (κ3) is 6.47. The third-order valence-corrected chi connectivity index (χ3v) is 2.47. The van der Waals surface area contributed by atoms with Crippen LogP contribution in [-0.2, 0) is 11.3 Å². The average Bonchev–Trinajstić information content (AvgIpc) is 2.28. The maximum Gasteiger partial charge on any atom is 0.0717 e. The van der Waals surface area contributed by atoms with Crippen molar-refractivity contribution in [3.05, 3.63) is 47.5 Å². The molecule has 0 amide bonds. The molecule has 0 aliphatic carbocycles. The van der Waals surface area contributed by atoms with Gasteiger partial charge in [-0.3, -0.25) is 0 Å². The Hall–Kier alpha value is -0.830. The summed E-state index contributed by atoms with van der Waals surface area (Å²) in [6.07, 6.45) is 0. The summed E-state index contributed by atoms with van der Waals surface area (Å²) >= 11 is 5.72. The Bertz CT molecular complexity index is 348. The van der Waals surface area contributed by atoms with Crippen LogP contribution in [0, 0.1) is 0 Å². The molecule has 0 aliphatic heterocycles. The molecule has 0 aromatic heterocycles. The van der Waals surface area contributed by atoms with Gasteiger partial charge < -0.3 is 10.1 Å². The minimum atomic E-state index is -0.105. The standard InChI is InChI=1S/C14H20ClNO/c1-12(15)9-16-14(2,3)11-17-10-13-7-5-4-6-8-13/h4-8,16H,1,9-11H2,2-3H3. The molecule has 0 fully saturated rings. The normalized spacial score (nSPS) is 11.5. The maximum atomic E-state index is 5.72. The van der Waals surface area contributed by atoms with E-state index >= 15 is 0 Å². The van der Waals surface area contributed by atoms with Gasteiger partial charge in [-0.25, -0.2) is 0 Å². The lowest BCUT2D eigenvalue weighted by atomic mass is 10.1. The summed E-state index contributed by atoms with van der Waals surface area (Å²) in [5.41, 5.74) is 1.08. The molecule has 0 aliphatic rings. The minimum absolute atomic E-state index is 0.105. The summed E-state index contributed by atoms with van der Waals surface area (Å²) in [6, 6.07) is 10.1. The molecule has 0 unspecified atom stereocenters. The van der Waals surface area contributed by atoms with Gasteiger partial charge in [0.25, 0.3) is 0 Å². The van der Waals surface area contributed by atoms with E-state index in [1.807, 2.05) is 18.2 Å². The first kappa shape index (κ1) is 14.2. The predicted molar refractivity (Wildman–Crippen MR) is 73.2 cm³/mol. The van der Waals surface area contributed by atoms with E-state index in [2.05, 4.69) is 37.9 Å². The van der Waals surface area contributed by atoms with Gasteiger partial charge in [0.1, 0.15) is 0 Å². The molecule has 0 saturated carbocycles. The molecule has 94 valence electrons. The topological polar surface area (TPSA) is 21.3 Å². The molecule has 1 aromatic rings. The molecule has 3 heteroatoms. The highest BCUT2D eigenvalue weighted by Gasteiger charge is 2.16. The first-order chi connectivity index (χ1) is 7.99. The van der Waals surface area contributed by atoms with E-state index < -0.39 is 0 Å². The second kappa shape index (κ2) is 6.80. The SMILES string of the molecule is C=C(Cl)CNC(C)(C)COCc1ccccc1. The van der Waals surface area contributed by atoms with E-state index in [0.29, 0.717) is 24.8 Å². The van der Waals surface area contributed by atoms with E-state index in [4.69, 9.17) is 16.3 Å². The van der Waals surface area contributed by atoms with Crippen molar-refractivity contribution in [2.24, 2.45) is 0 Å². The molecule has 2 nitrogen and oxygen atoms in total. The summed E-state index contributed by atoms with van der Waals surface area (Å²) in [5.74, 6) is 0. The molecule has 0 saturated heterocycles. The Labute approximate surface area is 109 Å². The lowest BCUT2D eigenvalue weighted by molar-refractivity contribution is 0.0724. The number of benzene rings is 1. The Morgan fingerprint density at radius 1 is 1.35 bits per heavy atom. The molecule has 0 bridgehead atoms. The van der Waals surface area contributed by atoms with Crippen molar-refractivity contribution in [1.82, 2.24) is 5.32 Å². The number of hydrogen-bond donors (Lipinski definition) is 1. The molecule has 0 heterocycles. The van der Waals surface area contributed by atoms with Crippen LogP contribution in [-0.4, -0.2) is 18.7 Å². The van der Waals surface area contributed by atoms with Gasteiger partial charge in [0, 0.05) is 17.1 Å². The quantitative estimate of drug-likeness (QED) is 0.805. The molecule has 0 spiro atoms. The molecular formula is C14H20ClNO. The molecule has 1 N–H and O–H groups in total. The van der Waals surface area contributed by atoms with Crippen molar-refractivity contribution in [2.75, 3.05) is 13.2 Å². The van der Waals surface area contributed by atoms with Gasteiger partial charge in [0.05, 0.1) is 13.2 Å². The van der Waals surface area contributed by atoms with Gasteiger partial charge in [-0.1, -0.05) is 48.5 Å². The van der Waals surface area contributed by atoms with Crippen LogP contribution in [0.3, 0.4) is 0 Å². The van der Waals surface area contributed by atoms with Crippen LogP contribution in [0.15, 0.2) is 41.9 Å². The van der Waals surface area contributed by atoms with Crippen molar-refractivity contribution in [2.45, 2.75) is 26.0 Å². The molecule has 0 radical (unpaired) electrons. The van der Waals surface area contributed by atoms with Gasteiger partial charge in [-0.05, 0) is 19.4 Å². The Balaban J connectivity index is 2.27. The third-order valence-electron chi connectivity index (χ3n) is 2.33. The highest BCUT2D eigenvalue weighted by Crippen LogP contribution is 2.07. The zero-order chi connectivity index (χ0) is 12.7. The summed E-state index contributed by atoms with van der Waals surface area (Å²) in [6.45, 7) is 9.67. The van der Waals surface area contributed by atoms with Crippen molar-refractivity contribution >= 4 is 11.6 Å². The van der Waals surface area contributed by atoms with Crippen molar-refractivity contribution in [3.8, 4) is 0 Å². The zero-order valence-corrected chi connectivity index (χ0v) is 11.3. The fourth-order valence-electron chi connectivity index (χ4n) is 1.38. The summed E-state index contributed by atoms with van der Waals surface area (Å²) in [4.78, 5) is 0. The molecule has 0 atom stereocenters. The monoisotopic (exact) mass is 253 g/mol. The van der Waals surface area contributed by atoms with E-state index in [1.54, 1.807) is 0 Å². The molecule has 1 rings (SSSR count). The van der Waals surface area contributed by atoms with Crippen molar-refractivity contribution in [3.63, 3.8) is 0 Å². The van der Waals surface area contributed by atoms with E-state index in [1.165, 1.54) is 5.56 Å². The fraction of sp³-hybridized carbons (Fsp3) is 0.429. The lowest BCUT2D eigenvalue weighted by Gasteiger charge is -2.26. The lowest BCUT2D eigenvalue weighted by Crippen LogP contribution is -2.44. The van der Waals surface area contributed by atoms with E-state index in [0.717, 1.165) is 0 Å². The first-order valence-corrected chi connectivity index (χ1v) is 6.07. The Morgan fingerprint density at radius 2 is 2.00 bits per heavy atom. The second-order valence-corrected chi connectivity index (χ2v) is 5.27. The summed E-state index contributed by atoms with van der Waals surface area (Å²) in [5, 5.41) is 3.90. The van der Waals surface area contributed by atoms with Gasteiger partial charge in [-0.2, -0.15) is 0 Å². The first-order valence-electron chi connectivity index (χ1n) is 5.69. The Morgan fingerprint density at radius 3 is 2.59 bits per heavy atom. The van der Waals surface area contributed by atoms with E-state index in [9.17, 15) is 0 Å². The average molecular weight is 254 g/mol. The fourth-order valence-corrected chi connectivity index (χ4v) is 1.45. The van der Waals surface area contributed by atoms with Crippen LogP contribution in [0.1, 0.15) is 19.4 Å². The largest absolute Gasteiger partial charge is 0.375 e.